The van der Waals surface area contributed by atoms with Gasteiger partial charge in [0.2, 0.25) is 0 Å². The molecule has 92 valence electrons. The van der Waals surface area contributed by atoms with E-state index < -0.39 is 23.6 Å². The molecule has 1 saturated heterocycles. The Morgan fingerprint density at radius 1 is 1.18 bits per heavy atom. The zero-order valence-electron chi connectivity index (χ0n) is 9.20. The molecule has 0 radical (unpaired) electrons. The average Bonchev–Trinajstić information content (AvgIpc) is 2.68. The summed E-state index contributed by atoms with van der Waals surface area (Å²) in [7, 11) is 0. The van der Waals surface area contributed by atoms with Crippen LogP contribution in [0.15, 0.2) is 18.2 Å². The van der Waals surface area contributed by atoms with Crippen molar-refractivity contribution in [2.45, 2.75) is 18.9 Å². The molecule has 1 fully saturated rings. The summed E-state index contributed by atoms with van der Waals surface area (Å²) < 4.78 is 26.2. The summed E-state index contributed by atoms with van der Waals surface area (Å²) >= 11 is 0. The van der Waals surface area contributed by atoms with Gasteiger partial charge in [0.15, 0.2) is 0 Å². The van der Waals surface area contributed by atoms with Crippen molar-refractivity contribution in [2.24, 2.45) is 0 Å². The van der Waals surface area contributed by atoms with Gasteiger partial charge >= 0.3 is 5.97 Å². The average molecular weight is 241 g/mol. The number of hydrogen-bond donors (Lipinski definition) is 1. The second-order valence-corrected chi connectivity index (χ2v) is 4.19. The number of likely N-dealkylation sites (tertiary alicyclic amines) is 1. The topological polar surface area (TPSA) is 40.5 Å². The van der Waals surface area contributed by atoms with Crippen LogP contribution < -0.4 is 0 Å². The Kier molecular flexibility index (Phi) is 3.38. The third-order valence-corrected chi connectivity index (χ3v) is 2.94. The number of rotatable bonds is 3. The summed E-state index contributed by atoms with van der Waals surface area (Å²) in [5, 5.41) is 9.18. The van der Waals surface area contributed by atoms with Crippen LogP contribution in [-0.2, 0) is 4.79 Å². The quantitative estimate of drug-likeness (QED) is 0.881. The van der Waals surface area contributed by atoms with Crippen LogP contribution in [-0.4, -0.2) is 29.1 Å². The number of nitrogens with zero attached hydrogens (tertiary/aromatic N) is 1. The van der Waals surface area contributed by atoms with Gasteiger partial charge in [0.25, 0.3) is 0 Å². The molecule has 5 heteroatoms. The van der Waals surface area contributed by atoms with E-state index in [1.165, 1.54) is 0 Å². The molecular formula is C12H13F2NO2. The predicted molar refractivity (Wildman–Crippen MR) is 57.5 cm³/mol. The van der Waals surface area contributed by atoms with Crippen molar-refractivity contribution < 1.29 is 18.7 Å². The summed E-state index contributed by atoms with van der Waals surface area (Å²) in [6, 6.07) is 1.95. The number of benzene rings is 1. The van der Waals surface area contributed by atoms with E-state index >= 15 is 0 Å². The van der Waals surface area contributed by atoms with Gasteiger partial charge in [0, 0.05) is 6.07 Å². The Morgan fingerprint density at radius 2 is 1.71 bits per heavy atom. The summed E-state index contributed by atoms with van der Waals surface area (Å²) in [4.78, 5) is 13.0. The number of carboxylic acid groups (broad SMARTS) is 1. The van der Waals surface area contributed by atoms with E-state index in [0.717, 1.165) is 31.0 Å². The van der Waals surface area contributed by atoms with Gasteiger partial charge in [0.05, 0.1) is 0 Å². The molecule has 1 unspecified atom stereocenters. The number of halogens is 2. The zero-order valence-corrected chi connectivity index (χ0v) is 9.20. The Bertz CT molecular complexity index is 410. The first-order valence-corrected chi connectivity index (χ1v) is 5.51. The van der Waals surface area contributed by atoms with Crippen LogP contribution in [0.1, 0.15) is 24.4 Å². The van der Waals surface area contributed by atoms with Crippen molar-refractivity contribution in [3.05, 3.63) is 35.4 Å². The standard InChI is InChI=1S/C12H13F2NO2/c13-9-5-8(6-10(14)7-9)11(12(16)17)15-3-1-2-4-15/h5-7,11H,1-4H2,(H,16,17). The highest BCUT2D eigenvalue weighted by Gasteiger charge is 2.30. The van der Waals surface area contributed by atoms with Gasteiger partial charge in [-0.25, -0.2) is 8.78 Å². The minimum Gasteiger partial charge on any atom is -0.480 e. The molecule has 1 aliphatic rings. The zero-order chi connectivity index (χ0) is 12.4. The number of hydrogen-bond acceptors (Lipinski definition) is 2. The first-order valence-electron chi connectivity index (χ1n) is 5.51. The lowest BCUT2D eigenvalue weighted by atomic mass is 10.1. The van der Waals surface area contributed by atoms with Crippen molar-refractivity contribution in [3.8, 4) is 0 Å². The van der Waals surface area contributed by atoms with Gasteiger partial charge in [0.1, 0.15) is 17.7 Å². The highest BCUT2D eigenvalue weighted by atomic mass is 19.1. The Morgan fingerprint density at radius 3 is 2.18 bits per heavy atom. The fraction of sp³-hybridized carbons (Fsp3) is 0.417. The first-order chi connectivity index (χ1) is 8.08. The summed E-state index contributed by atoms with van der Waals surface area (Å²) in [6.45, 7) is 1.30. The van der Waals surface area contributed by atoms with Crippen LogP contribution in [0.5, 0.6) is 0 Å². The Labute approximate surface area is 97.7 Å². The third kappa shape index (κ3) is 2.61. The molecule has 0 aromatic heterocycles. The first kappa shape index (κ1) is 12.0. The van der Waals surface area contributed by atoms with Crippen molar-refractivity contribution in [3.63, 3.8) is 0 Å². The maximum atomic E-state index is 13.1. The van der Waals surface area contributed by atoms with Crippen LogP contribution in [0.25, 0.3) is 0 Å². The lowest BCUT2D eigenvalue weighted by molar-refractivity contribution is -0.143. The second-order valence-electron chi connectivity index (χ2n) is 4.19. The van der Waals surface area contributed by atoms with E-state index in [4.69, 9.17) is 0 Å². The molecule has 1 aromatic carbocycles. The molecule has 17 heavy (non-hydrogen) atoms. The van der Waals surface area contributed by atoms with Crippen LogP contribution >= 0.6 is 0 Å². The van der Waals surface area contributed by atoms with Gasteiger partial charge in [-0.05, 0) is 43.6 Å². The third-order valence-electron chi connectivity index (χ3n) is 2.94. The van der Waals surface area contributed by atoms with Gasteiger partial charge in [-0.15, -0.1) is 0 Å². The SMILES string of the molecule is O=C(O)C(c1cc(F)cc(F)c1)N1CCCC1. The Balaban J connectivity index is 2.34. The largest absolute Gasteiger partial charge is 0.480 e. The van der Waals surface area contributed by atoms with Crippen LogP contribution in [0, 0.1) is 11.6 Å². The maximum Gasteiger partial charge on any atom is 0.325 e. The van der Waals surface area contributed by atoms with E-state index in [-0.39, 0.29) is 5.56 Å². The van der Waals surface area contributed by atoms with Crippen LogP contribution in [0.4, 0.5) is 8.78 Å². The van der Waals surface area contributed by atoms with Crippen LogP contribution in [0.2, 0.25) is 0 Å². The van der Waals surface area contributed by atoms with Crippen LogP contribution in [0.3, 0.4) is 0 Å². The molecule has 1 heterocycles. The van der Waals surface area contributed by atoms with Crippen molar-refractivity contribution in [1.82, 2.24) is 4.90 Å². The minimum absolute atomic E-state index is 0.164. The fourth-order valence-corrected chi connectivity index (χ4v) is 2.24. The fourth-order valence-electron chi connectivity index (χ4n) is 2.24. The van der Waals surface area contributed by atoms with Gasteiger partial charge in [-0.1, -0.05) is 0 Å². The Hall–Kier alpha value is -1.49. The molecule has 1 aliphatic heterocycles. The van der Waals surface area contributed by atoms with E-state index in [1.54, 1.807) is 4.90 Å². The van der Waals surface area contributed by atoms with Gasteiger partial charge in [-0.2, -0.15) is 0 Å². The molecule has 1 atom stereocenters. The number of carboxylic acids is 1. The smallest absolute Gasteiger partial charge is 0.325 e. The molecule has 0 saturated carbocycles. The summed E-state index contributed by atoms with van der Waals surface area (Å²) in [6.07, 6.45) is 1.84. The normalized spacial score (nSPS) is 18.2. The van der Waals surface area contributed by atoms with E-state index in [1.807, 2.05) is 0 Å². The molecule has 0 aliphatic carbocycles. The molecule has 1 N–H and O–H groups in total. The second kappa shape index (κ2) is 4.79. The number of aliphatic carboxylic acids is 1. The molecule has 1 aromatic rings. The summed E-state index contributed by atoms with van der Waals surface area (Å²) in [5.74, 6) is -2.56. The van der Waals surface area contributed by atoms with Crippen molar-refractivity contribution in [1.29, 1.82) is 0 Å². The van der Waals surface area contributed by atoms with Crippen molar-refractivity contribution in [2.75, 3.05) is 13.1 Å². The lowest BCUT2D eigenvalue weighted by Gasteiger charge is -2.24. The predicted octanol–water partition coefficient (Wildman–Crippen LogP) is 2.19. The van der Waals surface area contributed by atoms with Gasteiger partial charge in [-0.3, -0.25) is 9.69 Å². The maximum absolute atomic E-state index is 13.1. The minimum atomic E-state index is -1.07. The van der Waals surface area contributed by atoms with Gasteiger partial charge < -0.3 is 5.11 Å². The molecular weight excluding hydrogens is 228 g/mol. The highest BCUT2D eigenvalue weighted by Crippen LogP contribution is 2.26. The number of carbonyl (C=O) groups is 1. The van der Waals surface area contributed by atoms with Crippen molar-refractivity contribution >= 4 is 5.97 Å². The molecule has 0 amide bonds. The van der Waals surface area contributed by atoms with E-state index in [2.05, 4.69) is 0 Å². The molecule has 0 bridgehead atoms. The summed E-state index contributed by atoms with van der Waals surface area (Å²) in [5.41, 5.74) is 0.164. The van der Waals surface area contributed by atoms with E-state index in [0.29, 0.717) is 13.1 Å². The monoisotopic (exact) mass is 241 g/mol. The highest BCUT2D eigenvalue weighted by molar-refractivity contribution is 5.75. The lowest BCUT2D eigenvalue weighted by Crippen LogP contribution is -2.31. The molecule has 2 rings (SSSR count). The van der Waals surface area contributed by atoms with E-state index in [9.17, 15) is 18.7 Å². The molecule has 3 nitrogen and oxygen atoms in total. The molecule has 0 spiro atoms.